The van der Waals surface area contributed by atoms with E-state index in [1.165, 1.54) is 49.1 Å². The van der Waals surface area contributed by atoms with Gasteiger partial charge >= 0.3 is 0 Å². The standard InChI is InChI=1S/C20H26N2S/c1-2-19(16-9-5-3-6-10-16)21-14-13-18-15-23-20(22-18)17-11-7-4-8-12-17/h4,7-8,11-12,15-16H,2-3,5-6,9-10,13-14H2,1H3. The van der Waals surface area contributed by atoms with Gasteiger partial charge in [-0.1, -0.05) is 56.5 Å². The van der Waals surface area contributed by atoms with Crippen molar-refractivity contribution in [2.75, 3.05) is 6.54 Å². The Bertz CT molecular complexity index is 624. The fourth-order valence-electron chi connectivity index (χ4n) is 3.41. The smallest absolute Gasteiger partial charge is 0.123 e. The van der Waals surface area contributed by atoms with E-state index in [1.807, 2.05) is 6.07 Å². The summed E-state index contributed by atoms with van der Waals surface area (Å²) in [6.45, 7) is 3.14. The van der Waals surface area contributed by atoms with E-state index in [0.717, 1.165) is 30.3 Å². The number of nitrogens with zero attached hydrogens (tertiary/aromatic N) is 2. The summed E-state index contributed by atoms with van der Waals surface area (Å²) in [7, 11) is 0. The van der Waals surface area contributed by atoms with E-state index in [9.17, 15) is 0 Å². The zero-order chi connectivity index (χ0) is 15.9. The zero-order valence-corrected chi connectivity index (χ0v) is 14.8. The molecule has 1 aliphatic carbocycles. The first-order valence-electron chi connectivity index (χ1n) is 8.90. The van der Waals surface area contributed by atoms with Crippen molar-refractivity contribution in [2.45, 2.75) is 51.9 Å². The van der Waals surface area contributed by atoms with Crippen molar-refractivity contribution in [3.05, 3.63) is 41.4 Å². The molecule has 23 heavy (non-hydrogen) atoms. The van der Waals surface area contributed by atoms with Crippen molar-refractivity contribution in [3.63, 3.8) is 0 Å². The Morgan fingerprint density at radius 3 is 2.70 bits per heavy atom. The van der Waals surface area contributed by atoms with Crippen LogP contribution < -0.4 is 0 Å². The molecule has 1 heterocycles. The summed E-state index contributed by atoms with van der Waals surface area (Å²) in [5.74, 6) is 0.754. The van der Waals surface area contributed by atoms with Crippen LogP contribution in [-0.4, -0.2) is 17.2 Å². The van der Waals surface area contributed by atoms with Crippen LogP contribution in [-0.2, 0) is 6.42 Å². The Morgan fingerprint density at radius 2 is 1.96 bits per heavy atom. The molecule has 0 bridgehead atoms. The van der Waals surface area contributed by atoms with Crippen molar-refractivity contribution >= 4 is 17.0 Å². The molecule has 0 saturated heterocycles. The lowest BCUT2D eigenvalue weighted by molar-refractivity contribution is 0.435. The molecule has 2 nitrogen and oxygen atoms in total. The van der Waals surface area contributed by atoms with E-state index < -0.39 is 0 Å². The molecule has 122 valence electrons. The van der Waals surface area contributed by atoms with E-state index in [-0.39, 0.29) is 0 Å². The monoisotopic (exact) mass is 326 g/mol. The molecule has 0 atom stereocenters. The maximum absolute atomic E-state index is 4.92. The largest absolute Gasteiger partial charge is 0.293 e. The molecule has 0 radical (unpaired) electrons. The van der Waals surface area contributed by atoms with E-state index >= 15 is 0 Å². The molecule has 0 amide bonds. The third-order valence-corrected chi connectivity index (χ3v) is 5.63. The van der Waals surface area contributed by atoms with Gasteiger partial charge in [-0.25, -0.2) is 4.98 Å². The van der Waals surface area contributed by atoms with Gasteiger partial charge in [-0.05, 0) is 25.2 Å². The molecule has 0 N–H and O–H groups in total. The number of benzene rings is 1. The quantitative estimate of drug-likeness (QED) is 0.617. The van der Waals surface area contributed by atoms with Crippen LogP contribution in [0.4, 0.5) is 0 Å². The van der Waals surface area contributed by atoms with Crippen molar-refractivity contribution < 1.29 is 0 Å². The Hall–Kier alpha value is -1.48. The number of thiazole rings is 1. The van der Waals surface area contributed by atoms with Crippen molar-refractivity contribution in [1.29, 1.82) is 0 Å². The maximum atomic E-state index is 4.92. The lowest BCUT2D eigenvalue weighted by Crippen LogP contribution is -2.17. The molecular formula is C20H26N2S. The van der Waals surface area contributed by atoms with Crippen LogP contribution in [0, 0.1) is 5.92 Å². The van der Waals surface area contributed by atoms with Crippen molar-refractivity contribution in [2.24, 2.45) is 10.9 Å². The number of aromatic nitrogens is 1. The predicted molar refractivity (Wildman–Crippen MR) is 100 cm³/mol. The molecule has 0 unspecified atom stereocenters. The average molecular weight is 327 g/mol. The highest BCUT2D eigenvalue weighted by Crippen LogP contribution is 2.26. The summed E-state index contributed by atoms with van der Waals surface area (Å²) < 4.78 is 0. The first kappa shape index (κ1) is 16.4. The van der Waals surface area contributed by atoms with Crippen LogP contribution in [0.25, 0.3) is 10.6 Å². The van der Waals surface area contributed by atoms with Gasteiger partial charge in [0, 0.05) is 29.6 Å². The highest BCUT2D eigenvalue weighted by atomic mass is 32.1. The molecule has 1 saturated carbocycles. The van der Waals surface area contributed by atoms with E-state index in [0.29, 0.717) is 0 Å². The Balaban J connectivity index is 1.57. The molecule has 0 spiro atoms. The van der Waals surface area contributed by atoms with Gasteiger partial charge in [-0.15, -0.1) is 11.3 Å². The molecule has 1 aromatic heterocycles. The minimum Gasteiger partial charge on any atom is -0.293 e. The molecule has 1 fully saturated rings. The fraction of sp³-hybridized carbons (Fsp3) is 0.500. The van der Waals surface area contributed by atoms with E-state index in [4.69, 9.17) is 9.98 Å². The zero-order valence-electron chi connectivity index (χ0n) is 14.0. The Morgan fingerprint density at radius 1 is 1.17 bits per heavy atom. The molecule has 0 aliphatic heterocycles. The lowest BCUT2D eigenvalue weighted by Gasteiger charge is -2.22. The number of hydrogen-bond acceptors (Lipinski definition) is 3. The third kappa shape index (κ3) is 4.51. The molecular weight excluding hydrogens is 300 g/mol. The fourth-order valence-corrected chi connectivity index (χ4v) is 4.27. The summed E-state index contributed by atoms with van der Waals surface area (Å²) >= 11 is 1.74. The highest BCUT2D eigenvalue weighted by Gasteiger charge is 2.17. The van der Waals surface area contributed by atoms with Crippen LogP contribution in [0.1, 0.15) is 51.1 Å². The van der Waals surface area contributed by atoms with E-state index in [2.05, 4.69) is 36.6 Å². The SMILES string of the molecule is CCC(=NCCc1csc(-c2ccccc2)n1)C1CCCCC1. The van der Waals surface area contributed by atoms with E-state index in [1.54, 1.807) is 11.3 Å². The van der Waals surface area contributed by atoms with Crippen molar-refractivity contribution in [1.82, 2.24) is 4.98 Å². The van der Waals surface area contributed by atoms with Crippen LogP contribution in [0.5, 0.6) is 0 Å². The first-order chi connectivity index (χ1) is 11.4. The van der Waals surface area contributed by atoms with Gasteiger partial charge in [0.25, 0.3) is 0 Å². The Labute approximate surface area is 143 Å². The summed E-state index contributed by atoms with van der Waals surface area (Å²) in [5, 5.41) is 3.30. The second-order valence-electron chi connectivity index (χ2n) is 6.32. The number of aliphatic imine (C=N–C) groups is 1. The minimum absolute atomic E-state index is 0.754. The van der Waals surface area contributed by atoms with Crippen LogP contribution in [0.2, 0.25) is 0 Å². The predicted octanol–water partition coefficient (Wildman–Crippen LogP) is 5.78. The minimum atomic E-state index is 0.754. The van der Waals surface area contributed by atoms with Gasteiger partial charge < -0.3 is 0 Å². The number of hydrogen-bond donors (Lipinski definition) is 0. The topological polar surface area (TPSA) is 25.2 Å². The molecule has 2 aromatic rings. The molecule has 1 aliphatic rings. The first-order valence-corrected chi connectivity index (χ1v) is 9.78. The van der Waals surface area contributed by atoms with Gasteiger partial charge in [0.15, 0.2) is 0 Å². The summed E-state index contributed by atoms with van der Waals surface area (Å²) in [6, 6.07) is 10.4. The average Bonchev–Trinajstić information content (AvgIpc) is 3.09. The number of rotatable bonds is 6. The van der Waals surface area contributed by atoms with Gasteiger partial charge in [-0.3, -0.25) is 4.99 Å². The summed E-state index contributed by atoms with van der Waals surface area (Å²) in [5.41, 5.74) is 3.84. The highest BCUT2D eigenvalue weighted by molar-refractivity contribution is 7.13. The third-order valence-electron chi connectivity index (χ3n) is 4.69. The second kappa shape index (κ2) is 8.39. The van der Waals surface area contributed by atoms with Crippen LogP contribution in [0.15, 0.2) is 40.7 Å². The van der Waals surface area contributed by atoms with Gasteiger partial charge in [-0.2, -0.15) is 0 Å². The van der Waals surface area contributed by atoms with Crippen LogP contribution in [0.3, 0.4) is 0 Å². The summed E-state index contributed by atoms with van der Waals surface area (Å²) in [4.78, 5) is 9.69. The lowest BCUT2D eigenvalue weighted by atomic mass is 9.85. The molecule has 3 rings (SSSR count). The molecule has 3 heteroatoms. The van der Waals surface area contributed by atoms with Crippen molar-refractivity contribution in [3.8, 4) is 10.6 Å². The van der Waals surface area contributed by atoms with Gasteiger partial charge in [0.05, 0.1) is 5.69 Å². The van der Waals surface area contributed by atoms with Gasteiger partial charge in [0.1, 0.15) is 5.01 Å². The normalized spacial score (nSPS) is 16.7. The Kier molecular flexibility index (Phi) is 5.98. The molecule has 1 aromatic carbocycles. The maximum Gasteiger partial charge on any atom is 0.123 e. The van der Waals surface area contributed by atoms with Crippen LogP contribution >= 0.6 is 11.3 Å². The second-order valence-corrected chi connectivity index (χ2v) is 7.18. The van der Waals surface area contributed by atoms with Gasteiger partial charge in [0.2, 0.25) is 0 Å². The summed E-state index contributed by atoms with van der Waals surface area (Å²) in [6.07, 6.45) is 8.95.